The molecular weight excluding hydrogens is 307 g/mol. The predicted octanol–water partition coefficient (Wildman–Crippen LogP) is 2.14. The van der Waals surface area contributed by atoms with Crippen molar-refractivity contribution in [3.05, 3.63) is 30.1 Å². The van der Waals surface area contributed by atoms with Gasteiger partial charge in [-0.2, -0.15) is 4.31 Å². The Hall–Kier alpha value is -1.47. The van der Waals surface area contributed by atoms with Gasteiger partial charge in [-0.25, -0.2) is 12.8 Å². The van der Waals surface area contributed by atoms with Crippen LogP contribution in [-0.2, 0) is 14.8 Å². The molecular formula is C15H23FN2O3S. The summed E-state index contributed by atoms with van der Waals surface area (Å²) in [7, 11) is -3.81. The van der Waals surface area contributed by atoms with E-state index in [4.69, 9.17) is 0 Å². The Bertz CT molecular complexity index is 587. The highest BCUT2D eigenvalue weighted by Gasteiger charge is 2.25. The first-order valence-electron chi connectivity index (χ1n) is 7.36. The van der Waals surface area contributed by atoms with Crippen LogP contribution in [0.2, 0.25) is 0 Å². The van der Waals surface area contributed by atoms with Crippen molar-refractivity contribution in [1.82, 2.24) is 9.62 Å². The summed E-state index contributed by atoms with van der Waals surface area (Å²) in [4.78, 5) is 11.9. The zero-order valence-electron chi connectivity index (χ0n) is 13.2. The van der Waals surface area contributed by atoms with Crippen molar-refractivity contribution < 1.29 is 17.6 Å². The average molecular weight is 330 g/mol. The number of sulfonamides is 1. The fourth-order valence-corrected chi connectivity index (χ4v) is 3.51. The summed E-state index contributed by atoms with van der Waals surface area (Å²) in [5.74, 6) is -0.846. The molecule has 0 heterocycles. The molecule has 0 aliphatic rings. The monoisotopic (exact) mass is 330 g/mol. The number of carbonyl (C=O) groups is 1. The number of hydrogen-bond acceptors (Lipinski definition) is 3. The van der Waals surface area contributed by atoms with Crippen LogP contribution in [0.4, 0.5) is 4.39 Å². The van der Waals surface area contributed by atoms with Crippen molar-refractivity contribution in [1.29, 1.82) is 0 Å². The molecule has 0 spiro atoms. The van der Waals surface area contributed by atoms with Crippen LogP contribution in [0, 0.1) is 5.82 Å². The van der Waals surface area contributed by atoms with Crippen LogP contribution in [0.3, 0.4) is 0 Å². The summed E-state index contributed by atoms with van der Waals surface area (Å²) in [5.41, 5.74) is 0. The van der Waals surface area contributed by atoms with Crippen LogP contribution in [0.5, 0.6) is 0 Å². The Balaban J connectivity index is 2.82. The van der Waals surface area contributed by atoms with E-state index in [1.807, 2.05) is 13.8 Å². The second-order valence-electron chi connectivity index (χ2n) is 5.14. The maximum atomic E-state index is 12.9. The van der Waals surface area contributed by atoms with Crippen molar-refractivity contribution in [2.45, 2.75) is 44.6 Å². The quantitative estimate of drug-likeness (QED) is 0.794. The van der Waals surface area contributed by atoms with Gasteiger partial charge in [0.25, 0.3) is 0 Å². The molecule has 0 bridgehead atoms. The second-order valence-corrected chi connectivity index (χ2v) is 7.08. The lowest BCUT2D eigenvalue weighted by Crippen LogP contribution is -2.43. The number of halogens is 1. The van der Waals surface area contributed by atoms with Gasteiger partial charge in [-0.1, -0.05) is 20.3 Å². The molecule has 124 valence electrons. The molecule has 0 saturated heterocycles. The fourth-order valence-electron chi connectivity index (χ4n) is 2.11. The molecule has 22 heavy (non-hydrogen) atoms. The van der Waals surface area contributed by atoms with E-state index < -0.39 is 15.8 Å². The highest BCUT2D eigenvalue weighted by Crippen LogP contribution is 2.15. The topological polar surface area (TPSA) is 66.5 Å². The molecule has 0 saturated carbocycles. The van der Waals surface area contributed by atoms with E-state index in [1.54, 1.807) is 6.92 Å². The van der Waals surface area contributed by atoms with Crippen LogP contribution in [0.15, 0.2) is 29.2 Å². The van der Waals surface area contributed by atoms with Crippen LogP contribution < -0.4 is 5.32 Å². The van der Waals surface area contributed by atoms with E-state index in [0.29, 0.717) is 0 Å². The Morgan fingerprint density at radius 2 is 1.86 bits per heavy atom. The molecule has 7 heteroatoms. The summed E-state index contributed by atoms with van der Waals surface area (Å²) in [6.07, 6.45) is 1.77. The van der Waals surface area contributed by atoms with E-state index in [2.05, 4.69) is 5.32 Å². The molecule has 0 unspecified atom stereocenters. The standard InChI is InChI=1S/C15H23FN2O3S/c1-4-6-12(3)17-15(19)11-18(5-2)22(20,21)14-9-7-13(16)8-10-14/h7-10,12H,4-6,11H2,1-3H3,(H,17,19)/t12-/m0/s1. The number of rotatable bonds is 8. The van der Waals surface area contributed by atoms with E-state index in [1.165, 1.54) is 12.1 Å². The number of benzene rings is 1. The number of amides is 1. The van der Waals surface area contributed by atoms with Crippen LogP contribution >= 0.6 is 0 Å². The summed E-state index contributed by atoms with van der Waals surface area (Å²) in [5, 5.41) is 2.77. The van der Waals surface area contributed by atoms with E-state index >= 15 is 0 Å². The molecule has 1 aromatic carbocycles. The lowest BCUT2D eigenvalue weighted by molar-refractivity contribution is -0.121. The van der Waals surface area contributed by atoms with Gasteiger partial charge in [0, 0.05) is 12.6 Å². The summed E-state index contributed by atoms with van der Waals surface area (Å²) < 4.78 is 38.9. The third-order valence-corrected chi connectivity index (χ3v) is 5.19. The molecule has 0 aliphatic heterocycles. The largest absolute Gasteiger partial charge is 0.353 e. The fraction of sp³-hybridized carbons (Fsp3) is 0.533. The van der Waals surface area contributed by atoms with Crippen molar-refractivity contribution in [2.75, 3.05) is 13.1 Å². The molecule has 1 atom stereocenters. The molecule has 1 N–H and O–H groups in total. The average Bonchev–Trinajstić information content (AvgIpc) is 2.45. The smallest absolute Gasteiger partial charge is 0.243 e. The van der Waals surface area contributed by atoms with Gasteiger partial charge >= 0.3 is 0 Å². The van der Waals surface area contributed by atoms with Gasteiger partial charge < -0.3 is 5.32 Å². The zero-order valence-corrected chi connectivity index (χ0v) is 14.0. The summed E-state index contributed by atoms with van der Waals surface area (Å²) in [6, 6.07) is 4.58. The van der Waals surface area contributed by atoms with Crippen LogP contribution in [0.25, 0.3) is 0 Å². The summed E-state index contributed by atoms with van der Waals surface area (Å²) >= 11 is 0. The van der Waals surface area contributed by atoms with Gasteiger partial charge in [0.2, 0.25) is 15.9 Å². The van der Waals surface area contributed by atoms with Gasteiger partial charge in [-0.05, 0) is 37.6 Å². The van der Waals surface area contributed by atoms with Crippen molar-refractivity contribution in [2.24, 2.45) is 0 Å². The van der Waals surface area contributed by atoms with Gasteiger partial charge in [-0.3, -0.25) is 4.79 Å². The maximum absolute atomic E-state index is 12.9. The van der Waals surface area contributed by atoms with Gasteiger partial charge in [0.05, 0.1) is 11.4 Å². The van der Waals surface area contributed by atoms with E-state index in [-0.39, 0.29) is 29.9 Å². The van der Waals surface area contributed by atoms with Crippen molar-refractivity contribution in [3.63, 3.8) is 0 Å². The molecule has 1 amide bonds. The number of likely N-dealkylation sites (N-methyl/N-ethyl adjacent to an activating group) is 1. The summed E-state index contributed by atoms with van der Waals surface area (Å²) in [6.45, 7) is 5.47. The van der Waals surface area contributed by atoms with Crippen molar-refractivity contribution in [3.8, 4) is 0 Å². The lowest BCUT2D eigenvalue weighted by atomic mass is 10.2. The Kier molecular flexibility index (Phi) is 6.96. The van der Waals surface area contributed by atoms with E-state index in [0.717, 1.165) is 29.3 Å². The first-order chi connectivity index (χ1) is 10.3. The van der Waals surface area contributed by atoms with Crippen LogP contribution in [0.1, 0.15) is 33.6 Å². The highest BCUT2D eigenvalue weighted by molar-refractivity contribution is 7.89. The predicted molar refractivity (Wildman–Crippen MR) is 83.3 cm³/mol. The minimum absolute atomic E-state index is 0.00438. The van der Waals surface area contributed by atoms with Gasteiger partial charge in [-0.15, -0.1) is 0 Å². The lowest BCUT2D eigenvalue weighted by Gasteiger charge is -2.21. The number of carbonyl (C=O) groups excluding carboxylic acids is 1. The normalized spacial score (nSPS) is 13.1. The maximum Gasteiger partial charge on any atom is 0.243 e. The number of nitrogens with one attached hydrogen (secondary N) is 1. The molecule has 0 fully saturated rings. The second kappa shape index (κ2) is 8.24. The minimum atomic E-state index is -3.81. The molecule has 0 aliphatic carbocycles. The van der Waals surface area contributed by atoms with Crippen LogP contribution in [-0.4, -0.2) is 37.8 Å². The molecule has 5 nitrogen and oxygen atoms in total. The Morgan fingerprint density at radius 3 is 2.36 bits per heavy atom. The third kappa shape index (κ3) is 5.06. The zero-order chi connectivity index (χ0) is 16.8. The Morgan fingerprint density at radius 1 is 1.27 bits per heavy atom. The van der Waals surface area contributed by atoms with Gasteiger partial charge in [0.15, 0.2) is 0 Å². The first-order valence-corrected chi connectivity index (χ1v) is 8.80. The van der Waals surface area contributed by atoms with E-state index in [9.17, 15) is 17.6 Å². The molecule has 1 rings (SSSR count). The first kappa shape index (κ1) is 18.6. The number of nitrogens with zero attached hydrogens (tertiary/aromatic N) is 1. The molecule has 1 aromatic rings. The number of hydrogen-bond donors (Lipinski definition) is 1. The minimum Gasteiger partial charge on any atom is -0.353 e. The molecule has 0 aromatic heterocycles. The van der Waals surface area contributed by atoms with Gasteiger partial charge in [0.1, 0.15) is 5.82 Å². The van der Waals surface area contributed by atoms with Crippen molar-refractivity contribution >= 4 is 15.9 Å². The highest BCUT2D eigenvalue weighted by atomic mass is 32.2. The Labute approximate surface area is 131 Å². The third-order valence-electron chi connectivity index (χ3n) is 3.25. The molecule has 0 radical (unpaired) electrons. The SMILES string of the molecule is CCC[C@H](C)NC(=O)CN(CC)S(=O)(=O)c1ccc(F)cc1.